The molecule has 166 valence electrons. The lowest BCUT2D eigenvalue weighted by molar-refractivity contribution is 0.0507. The number of rotatable bonds is 3. The molecule has 2 heterocycles. The van der Waals surface area contributed by atoms with E-state index in [1.165, 1.54) is 12.1 Å². The minimum Gasteiger partial charge on any atom is -0.482 e. The number of anilines is 1. The zero-order valence-corrected chi connectivity index (χ0v) is 18.5. The van der Waals surface area contributed by atoms with Crippen LogP contribution in [0.15, 0.2) is 65.1 Å². The fourth-order valence-electron chi connectivity index (χ4n) is 4.43. The molecule has 5 rings (SSSR count). The standard InChI is InChI=1S/C27H22FNO4/c1-15-6-4-5-7-19(15)29-26(31)25-16(2)23-21(32-25)12-13-22-24(23)20(30)14-27(3,33-22)17-8-10-18(28)11-9-17/h4-13H,14H2,1-3H3,(H,29,31)/t27-/m1/s1. The van der Waals surface area contributed by atoms with Gasteiger partial charge in [0, 0.05) is 16.6 Å². The number of hydrogen-bond donors (Lipinski definition) is 1. The van der Waals surface area contributed by atoms with Crippen molar-refractivity contribution in [2.75, 3.05) is 5.32 Å². The highest BCUT2D eigenvalue weighted by Gasteiger charge is 2.40. The van der Waals surface area contributed by atoms with Crippen molar-refractivity contribution >= 4 is 28.3 Å². The summed E-state index contributed by atoms with van der Waals surface area (Å²) in [6.07, 6.45) is 0.0834. The van der Waals surface area contributed by atoms with Crippen molar-refractivity contribution in [1.82, 2.24) is 0 Å². The van der Waals surface area contributed by atoms with Gasteiger partial charge in [-0.15, -0.1) is 0 Å². The van der Waals surface area contributed by atoms with E-state index < -0.39 is 5.60 Å². The van der Waals surface area contributed by atoms with Crippen LogP contribution in [0.25, 0.3) is 11.0 Å². The Morgan fingerprint density at radius 1 is 1.03 bits per heavy atom. The first-order valence-electron chi connectivity index (χ1n) is 10.7. The highest BCUT2D eigenvalue weighted by molar-refractivity contribution is 6.15. The summed E-state index contributed by atoms with van der Waals surface area (Å²) in [7, 11) is 0. The smallest absolute Gasteiger partial charge is 0.291 e. The number of amides is 1. The number of fused-ring (bicyclic) bond motifs is 3. The van der Waals surface area contributed by atoms with E-state index in [2.05, 4.69) is 5.32 Å². The number of aryl methyl sites for hydroxylation is 2. The van der Waals surface area contributed by atoms with Gasteiger partial charge >= 0.3 is 0 Å². The number of ketones is 1. The van der Waals surface area contributed by atoms with E-state index in [1.54, 1.807) is 31.2 Å². The average Bonchev–Trinajstić information content (AvgIpc) is 3.12. The van der Waals surface area contributed by atoms with E-state index in [9.17, 15) is 14.0 Å². The van der Waals surface area contributed by atoms with Gasteiger partial charge in [0.1, 0.15) is 22.8 Å². The first-order chi connectivity index (χ1) is 15.8. The van der Waals surface area contributed by atoms with Crippen LogP contribution in [-0.4, -0.2) is 11.7 Å². The van der Waals surface area contributed by atoms with Crippen LogP contribution in [0.1, 0.15) is 50.9 Å². The summed E-state index contributed by atoms with van der Waals surface area (Å²) in [5.41, 5.74) is 2.85. The SMILES string of the molecule is Cc1ccccc1NC(=O)c1oc2ccc3c(c2c1C)C(=O)C[C@](C)(c1ccc(F)cc1)O3. The largest absolute Gasteiger partial charge is 0.482 e. The zero-order chi connectivity index (χ0) is 23.3. The molecule has 0 spiro atoms. The van der Waals surface area contributed by atoms with Crippen LogP contribution in [0, 0.1) is 19.7 Å². The molecule has 1 aromatic heterocycles. The molecule has 3 aromatic carbocycles. The number of Topliss-reactive ketones (excluding diaryl/α,β-unsaturated/α-hetero) is 1. The first kappa shape index (κ1) is 20.9. The normalized spacial score (nSPS) is 17.5. The number of carbonyl (C=O) groups excluding carboxylic acids is 2. The quantitative estimate of drug-likeness (QED) is 0.402. The summed E-state index contributed by atoms with van der Waals surface area (Å²) in [5, 5.41) is 3.46. The molecule has 0 bridgehead atoms. The number of carbonyl (C=O) groups is 2. The molecule has 1 aliphatic heterocycles. The van der Waals surface area contributed by atoms with Crippen molar-refractivity contribution in [3.63, 3.8) is 0 Å². The molecule has 0 saturated heterocycles. The van der Waals surface area contributed by atoms with Crippen LogP contribution in [0.3, 0.4) is 0 Å². The van der Waals surface area contributed by atoms with E-state index in [-0.39, 0.29) is 29.7 Å². The number of furan rings is 1. The van der Waals surface area contributed by atoms with Gasteiger partial charge in [-0.1, -0.05) is 30.3 Å². The van der Waals surface area contributed by atoms with E-state index in [0.717, 1.165) is 5.56 Å². The van der Waals surface area contributed by atoms with E-state index >= 15 is 0 Å². The fourth-order valence-corrected chi connectivity index (χ4v) is 4.43. The molecule has 33 heavy (non-hydrogen) atoms. The highest BCUT2D eigenvalue weighted by atomic mass is 19.1. The van der Waals surface area contributed by atoms with Gasteiger partial charge in [0.05, 0.1) is 12.0 Å². The Kier molecular flexibility index (Phi) is 4.81. The Morgan fingerprint density at radius 3 is 2.48 bits per heavy atom. The van der Waals surface area contributed by atoms with Crippen LogP contribution in [0.5, 0.6) is 5.75 Å². The molecule has 5 nitrogen and oxygen atoms in total. The minimum absolute atomic E-state index is 0.0834. The van der Waals surface area contributed by atoms with Gasteiger partial charge < -0.3 is 14.5 Å². The molecule has 6 heteroatoms. The molecule has 0 radical (unpaired) electrons. The Balaban J connectivity index is 1.55. The van der Waals surface area contributed by atoms with Gasteiger partial charge in [-0.25, -0.2) is 4.39 Å². The zero-order valence-electron chi connectivity index (χ0n) is 18.5. The van der Waals surface area contributed by atoms with Crippen LogP contribution >= 0.6 is 0 Å². The molecule has 0 aliphatic carbocycles. The van der Waals surface area contributed by atoms with Gasteiger partial charge in [-0.05, 0) is 62.2 Å². The number of benzene rings is 3. The third-order valence-electron chi connectivity index (χ3n) is 6.22. The van der Waals surface area contributed by atoms with Crippen LogP contribution in [-0.2, 0) is 5.60 Å². The Bertz CT molecular complexity index is 1420. The number of halogens is 1. The molecule has 4 aromatic rings. The van der Waals surface area contributed by atoms with E-state index in [4.69, 9.17) is 9.15 Å². The maximum Gasteiger partial charge on any atom is 0.291 e. The van der Waals surface area contributed by atoms with Crippen molar-refractivity contribution in [2.24, 2.45) is 0 Å². The molecule has 1 N–H and O–H groups in total. The molecule has 1 amide bonds. The number of nitrogens with one attached hydrogen (secondary N) is 1. The first-order valence-corrected chi connectivity index (χ1v) is 10.7. The van der Waals surface area contributed by atoms with Gasteiger partial charge in [0.15, 0.2) is 11.5 Å². The fraction of sp³-hybridized carbons (Fsp3) is 0.185. The monoisotopic (exact) mass is 443 g/mol. The number of ether oxygens (including phenoxy) is 1. The van der Waals surface area contributed by atoms with Crippen LogP contribution in [0.4, 0.5) is 10.1 Å². The van der Waals surface area contributed by atoms with Gasteiger partial charge in [-0.2, -0.15) is 0 Å². The Hall–Kier alpha value is -3.93. The number of para-hydroxylation sites is 1. The third kappa shape index (κ3) is 3.48. The van der Waals surface area contributed by atoms with Crippen molar-refractivity contribution in [1.29, 1.82) is 0 Å². The molecular weight excluding hydrogens is 421 g/mol. The van der Waals surface area contributed by atoms with Crippen LogP contribution < -0.4 is 10.1 Å². The Labute approximate surface area is 190 Å². The summed E-state index contributed by atoms with van der Waals surface area (Å²) in [5.74, 6) is -0.283. The molecule has 1 aliphatic rings. The summed E-state index contributed by atoms with van der Waals surface area (Å²) in [4.78, 5) is 26.3. The lowest BCUT2D eigenvalue weighted by Gasteiger charge is -2.35. The van der Waals surface area contributed by atoms with E-state index in [1.807, 2.05) is 38.1 Å². The summed E-state index contributed by atoms with van der Waals surface area (Å²) >= 11 is 0. The van der Waals surface area contributed by atoms with Gasteiger partial charge in [0.2, 0.25) is 0 Å². The predicted molar refractivity (Wildman–Crippen MR) is 123 cm³/mol. The van der Waals surface area contributed by atoms with Gasteiger partial charge in [0.25, 0.3) is 5.91 Å². The molecule has 1 atom stereocenters. The van der Waals surface area contributed by atoms with Crippen molar-refractivity contribution < 1.29 is 23.1 Å². The lowest BCUT2D eigenvalue weighted by atomic mass is 9.84. The predicted octanol–water partition coefficient (Wildman–Crippen LogP) is 6.32. The molecular formula is C27H22FNO4. The van der Waals surface area contributed by atoms with Crippen molar-refractivity contribution in [3.8, 4) is 5.75 Å². The maximum atomic E-state index is 13.4. The Morgan fingerprint density at radius 2 is 1.76 bits per heavy atom. The topological polar surface area (TPSA) is 68.5 Å². The molecule has 0 saturated carbocycles. The second-order valence-electron chi connectivity index (χ2n) is 8.58. The second kappa shape index (κ2) is 7.59. The molecule has 0 fully saturated rings. The highest BCUT2D eigenvalue weighted by Crippen LogP contribution is 2.44. The minimum atomic E-state index is -0.922. The summed E-state index contributed by atoms with van der Waals surface area (Å²) in [6, 6.07) is 16.8. The summed E-state index contributed by atoms with van der Waals surface area (Å²) in [6.45, 7) is 5.49. The molecule has 0 unspecified atom stereocenters. The maximum absolute atomic E-state index is 13.4. The van der Waals surface area contributed by atoms with E-state index in [0.29, 0.717) is 39.1 Å². The van der Waals surface area contributed by atoms with Crippen molar-refractivity contribution in [3.05, 3.63) is 94.5 Å². The lowest BCUT2D eigenvalue weighted by Crippen LogP contribution is -2.36. The van der Waals surface area contributed by atoms with Crippen molar-refractivity contribution in [2.45, 2.75) is 32.8 Å². The third-order valence-corrected chi connectivity index (χ3v) is 6.22. The van der Waals surface area contributed by atoms with Gasteiger partial charge in [-0.3, -0.25) is 9.59 Å². The second-order valence-corrected chi connectivity index (χ2v) is 8.58. The summed E-state index contributed by atoms with van der Waals surface area (Å²) < 4.78 is 25.5. The van der Waals surface area contributed by atoms with Crippen LogP contribution in [0.2, 0.25) is 0 Å². The average molecular weight is 443 g/mol. The number of hydrogen-bond acceptors (Lipinski definition) is 4.